The number of carbonyl (C=O) groups excluding carboxylic acids is 1. The maximum atomic E-state index is 12.0. The van der Waals surface area contributed by atoms with Crippen molar-refractivity contribution in [2.45, 2.75) is 26.0 Å². The monoisotopic (exact) mass is 311 g/mol. The molecule has 0 fully saturated rings. The number of hydrogen-bond donors (Lipinski definition) is 2. The van der Waals surface area contributed by atoms with Gasteiger partial charge >= 0.3 is 5.97 Å². The van der Waals surface area contributed by atoms with E-state index in [9.17, 15) is 4.79 Å². The lowest BCUT2D eigenvalue weighted by molar-refractivity contribution is -0.146. The van der Waals surface area contributed by atoms with Gasteiger partial charge in [-0.2, -0.15) is 0 Å². The van der Waals surface area contributed by atoms with E-state index in [-0.39, 0.29) is 6.61 Å². The second kappa shape index (κ2) is 8.10. The minimum absolute atomic E-state index is 0.226. The van der Waals surface area contributed by atoms with Crippen LogP contribution in [-0.4, -0.2) is 17.8 Å². The molecule has 4 N–H and O–H groups in total. The molecule has 120 valence electrons. The van der Waals surface area contributed by atoms with Gasteiger partial charge in [0, 0.05) is 0 Å². The highest BCUT2D eigenvalue weighted by Gasteiger charge is 2.16. The van der Waals surface area contributed by atoms with E-state index < -0.39 is 12.0 Å². The van der Waals surface area contributed by atoms with Crippen LogP contribution in [0.15, 0.2) is 59.6 Å². The topological polar surface area (TPSA) is 90.7 Å². The molecule has 0 aromatic heterocycles. The first-order valence-electron chi connectivity index (χ1n) is 7.40. The van der Waals surface area contributed by atoms with Crippen LogP contribution < -0.4 is 11.5 Å². The van der Waals surface area contributed by atoms with Gasteiger partial charge in [0.25, 0.3) is 0 Å². The third-order valence-electron chi connectivity index (χ3n) is 3.20. The Morgan fingerprint density at radius 3 is 2.52 bits per heavy atom. The van der Waals surface area contributed by atoms with Gasteiger partial charge in [-0.05, 0) is 36.6 Å². The van der Waals surface area contributed by atoms with Gasteiger partial charge in [-0.15, -0.1) is 0 Å². The molecule has 0 aliphatic rings. The Labute approximate surface area is 136 Å². The first kappa shape index (κ1) is 16.7. The summed E-state index contributed by atoms with van der Waals surface area (Å²) in [6, 6.07) is 16.3. The SMILES string of the molecule is CC(N)=Nc1cccc(CC(N)C(=O)OCc2ccccc2)c1. The molecule has 0 amide bonds. The van der Waals surface area contributed by atoms with Crippen molar-refractivity contribution >= 4 is 17.5 Å². The van der Waals surface area contributed by atoms with Crippen LogP contribution in [0.3, 0.4) is 0 Å². The average molecular weight is 311 g/mol. The van der Waals surface area contributed by atoms with Crippen molar-refractivity contribution in [3.05, 3.63) is 65.7 Å². The molecule has 1 atom stereocenters. The summed E-state index contributed by atoms with van der Waals surface area (Å²) in [5.74, 6) is 0.0616. The Bertz CT molecular complexity index is 680. The Morgan fingerprint density at radius 1 is 1.13 bits per heavy atom. The van der Waals surface area contributed by atoms with Gasteiger partial charge in [0.15, 0.2) is 0 Å². The molecule has 1 unspecified atom stereocenters. The van der Waals surface area contributed by atoms with Gasteiger partial charge < -0.3 is 16.2 Å². The number of nitrogens with zero attached hydrogens (tertiary/aromatic N) is 1. The smallest absolute Gasteiger partial charge is 0.323 e. The fourth-order valence-corrected chi connectivity index (χ4v) is 2.13. The van der Waals surface area contributed by atoms with Crippen LogP contribution in [0.4, 0.5) is 5.69 Å². The molecule has 0 spiro atoms. The Morgan fingerprint density at radius 2 is 1.83 bits per heavy atom. The minimum Gasteiger partial charge on any atom is -0.460 e. The summed E-state index contributed by atoms with van der Waals surface area (Å²) in [6.45, 7) is 1.95. The molecule has 0 saturated carbocycles. The van der Waals surface area contributed by atoms with E-state index in [1.807, 2.05) is 54.6 Å². The average Bonchev–Trinajstić information content (AvgIpc) is 2.53. The van der Waals surface area contributed by atoms with Crippen LogP contribution in [0.25, 0.3) is 0 Å². The van der Waals surface area contributed by atoms with Crippen molar-refractivity contribution in [1.29, 1.82) is 0 Å². The Balaban J connectivity index is 1.92. The minimum atomic E-state index is -0.711. The highest BCUT2D eigenvalue weighted by Crippen LogP contribution is 2.15. The van der Waals surface area contributed by atoms with Crippen molar-refractivity contribution < 1.29 is 9.53 Å². The number of esters is 1. The predicted octanol–water partition coefficient (Wildman–Crippen LogP) is 2.31. The summed E-state index contributed by atoms with van der Waals surface area (Å²) in [7, 11) is 0. The number of carbonyl (C=O) groups is 1. The Hall–Kier alpha value is -2.66. The van der Waals surface area contributed by atoms with Crippen LogP contribution in [0.2, 0.25) is 0 Å². The molecule has 5 heteroatoms. The van der Waals surface area contributed by atoms with Gasteiger partial charge in [-0.25, -0.2) is 4.99 Å². The van der Waals surface area contributed by atoms with E-state index in [1.165, 1.54) is 0 Å². The highest BCUT2D eigenvalue weighted by atomic mass is 16.5. The normalized spacial score (nSPS) is 12.7. The summed E-state index contributed by atoms with van der Waals surface area (Å²) >= 11 is 0. The summed E-state index contributed by atoms with van der Waals surface area (Å²) in [4.78, 5) is 16.2. The van der Waals surface area contributed by atoms with E-state index >= 15 is 0 Å². The summed E-state index contributed by atoms with van der Waals surface area (Å²) in [5, 5.41) is 0. The largest absolute Gasteiger partial charge is 0.460 e. The summed E-state index contributed by atoms with van der Waals surface area (Å²) in [6.07, 6.45) is 0.389. The molecule has 0 radical (unpaired) electrons. The predicted molar refractivity (Wildman–Crippen MR) is 91.3 cm³/mol. The first-order valence-corrected chi connectivity index (χ1v) is 7.40. The molecular weight excluding hydrogens is 290 g/mol. The van der Waals surface area contributed by atoms with Crippen molar-refractivity contribution in [2.75, 3.05) is 0 Å². The molecule has 0 heterocycles. The molecule has 5 nitrogen and oxygen atoms in total. The van der Waals surface area contributed by atoms with Gasteiger partial charge in [0.1, 0.15) is 12.6 Å². The van der Waals surface area contributed by atoms with E-state index in [0.717, 1.165) is 16.8 Å². The van der Waals surface area contributed by atoms with Crippen molar-refractivity contribution in [1.82, 2.24) is 0 Å². The van der Waals surface area contributed by atoms with Crippen LogP contribution in [-0.2, 0) is 22.6 Å². The maximum Gasteiger partial charge on any atom is 0.323 e. The number of benzene rings is 2. The van der Waals surface area contributed by atoms with Gasteiger partial charge in [0.2, 0.25) is 0 Å². The number of hydrogen-bond acceptors (Lipinski definition) is 4. The zero-order valence-corrected chi connectivity index (χ0v) is 13.1. The van der Waals surface area contributed by atoms with Gasteiger partial charge in [-0.1, -0.05) is 42.5 Å². The third-order valence-corrected chi connectivity index (χ3v) is 3.20. The molecular formula is C18H21N3O2. The van der Waals surface area contributed by atoms with E-state index in [0.29, 0.717) is 12.3 Å². The summed E-state index contributed by atoms with van der Waals surface area (Å²) in [5.41, 5.74) is 14.1. The molecule has 0 aliphatic heterocycles. The van der Waals surface area contributed by atoms with Crippen molar-refractivity contribution in [3.8, 4) is 0 Å². The standard InChI is InChI=1S/C18H21N3O2/c1-13(19)21-16-9-5-8-15(10-16)11-17(20)18(22)23-12-14-6-3-2-4-7-14/h2-10,17H,11-12,20H2,1H3,(H2,19,21). The maximum absolute atomic E-state index is 12.0. The quantitative estimate of drug-likeness (QED) is 0.486. The molecule has 2 aromatic rings. The molecule has 2 rings (SSSR count). The van der Waals surface area contributed by atoms with Crippen LogP contribution in [0.1, 0.15) is 18.1 Å². The lowest BCUT2D eigenvalue weighted by atomic mass is 10.1. The molecule has 0 bridgehead atoms. The number of aliphatic imine (C=N–C) groups is 1. The fourth-order valence-electron chi connectivity index (χ4n) is 2.13. The number of amidine groups is 1. The lowest BCUT2D eigenvalue weighted by Crippen LogP contribution is -2.34. The molecule has 2 aromatic carbocycles. The Kier molecular flexibility index (Phi) is 5.88. The first-order chi connectivity index (χ1) is 11.0. The highest BCUT2D eigenvalue weighted by molar-refractivity contribution is 5.80. The van der Waals surface area contributed by atoms with Gasteiger partial charge in [0.05, 0.1) is 11.5 Å². The third kappa shape index (κ3) is 5.56. The molecule has 0 saturated heterocycles. The second-order valence-corrected chi connectivity index (χ2v) is 5.33. The zero-order chi connectivity index (χ0) is 16.7. The van der Waals surface area contributed by atoms with Crippen LogP contribution >= 0.6 is 0 Å². The molecule has 23 heavy (non-hydrogen) atoms. The van der Waals surface area contributed by atoms with Gasteiger partial charge in [-0.3, -0.25) is 4.79 Å². The molecule has 0 aliphatic carbocycles. The van der Waals surface area contributed by atoms with Crippen molar-refractivity contribution in [2.24, 2.45) is 16.5 Å². The van der Waals surface area contributed by atoms with Crippen LogP contribution in [0, 0.1) is 0 Å². The number of nitrogens with two attached hydrogens (primary N) is 2. The second-order valence-electron chi connectivity index (χ2n) is 5.33. The fraction of sp³-hybridized carbons (Fsp3) is 0.222. The summed E-state index contributed by atoms with van der Waals surface area (Å²) < 4.78 is 5.25. The van der Waals surface area contributed by atoms with E-state index in [4.69, 9.17) is 16.2 Å². The number of rotatable bonds is 6. The van der Waals surface area contributed by atoms with Crippen molar-refractivity contribution in [3.63, 3.8) is 0 Å². The zero-order valence-electron chi connectivity index (χ0n) is 13.1. The van der Waals surface area contributed by atoms with E-state index in [2.05, 4.69) is 4.99 Å². The number of ether oxygens (including phenoxy) is 1. The van der Waals surface area contributed by atoms with Crippen LogP contribution in [0.5, 0.6) is 0 Å². The van der Waals surface area contributed by atoms with E-state index in [1.54, 1.807) is 6.92 Å². The lowest BCUT2D eigenvalue weighted by Gasteiger charge is -2.12.